The van der Waals surface area contributed by atoms with E-state index in [1.165, 1.54) is 21.5 Å². The van der Waals surface area contributed by atoms with Crippen LogP contribution < -0.4 is 0 Å². The smallest absolute Gasteiger partial charge is 0.0849 e. The number of aliphatic imine (C=N–C) groups is 2. The van der Waals surface area contributed by atoms with E-state index in [9.17, 15) is 0 Å². The van der Waals surface area contributed by atoms with Crippen molar-refractivity contribution in [3.63, 3.8) is 0 Å². The predicted octanol–water partition coefficient (Wildman–Crippen LogP) is 9.98. The predicted molar refractivity (Wildman–Crippen MR) is 171 cm³/mol. The van der Waals surface area contributed by atoms with Gasteiger partial charge in [-0.25, -0.2) is 4.98 Å². The Morgan fingerprint density at radius 2 is 0.750 bits per heavy atom. The molecule has 0 N–H and O–H groups in total. The highest BCUT2D eigenvalue weighted by Crippen LogP contribution is 2.37. The van der Waals surface area contributed by atoms with Gasteiger partial charge < -0.3 is 0 Å². The molecule has 3 heteroatoms. The minimum Gasteiger partial charge on any atom is -0.250 e. The fraction of sp³-hybridized carbons (Fsp3) is 0.0541. The maximum Gasteiger partial charge on any atom is 0.0849 e. The number of aromatic nitrogens is 1. The number of nitrogens with zero attached hydrogens (tertiary/aromatic N) is 3. The first-order valence-electron chi connectivity index (χ1n) is 13.5. The molecule has 0 spiro atoms. The highest BCUT2D eigenvalue weighted by molar-refractivity contribution is 6.14. The van der Waals surface area contributed by atoms with Gasteiger partial charge in [-0.1, -0.05) is 103 Å². The fourth-order valence-electron chi connectivity index (χ4n) is 5.51. The first kappa shape index (κ1) is 23.9. The number of benzene rings is 6. The Bertz CT molecular complexity index is 1880. The molecule has 0 amide bonds. The summed E-state index contributed by atoms with van der Waals surface area (Å²) in [5.74, 6) is 0. The summed E-state index contributed by atoms with van der Waals surface area (Å²) < 4.78 is 0. The van der Waals surface area contributed by atoms with Gasteiger partial charge in [-0.05, 0) is 59.7 Å². The van der Waals surface area contributed by atoms with Gasteiger partial charge in [-0.15, -0.1) is 0 Å². The average Bonchev–Trinajstić information content (AvgIpc) is 3.00. The molecule has 0 fully saturated rings. The number of pyridine rings is 1. The summed E-state index contributed by atoms with van der Waals surface area (Å²) in [6.45, 7) is 4.07. The van der Waals surface area contributed by atoms with Crippen molar-refractivity contribution in [1.82, 2.24) is 4.98 Å². The van der Waals surface area contributed by atoms with Crippen LogP contribution in [0, 0.1) is 0 Å². The lowest BCUT2D eigenvalue weighted by atomic mass is 10.0. The van der Waals surface area contributed by atoms with Crippen LogP contribution in [-0.2, 0) is 0 Å². The van der Waals surface area contributed by atoms with Gasteiger partial charge in [0.15, 0.2) is 0 Å². The number of hydrogen-bond acceptors (Lipinski definition) is 3. The van der Waals surface area contributed by atoms with Crippen molar-refractivity contribution in [3.8, 4) is 0 Å². The summed E-state index contributed by atoms with van der Waals surface area (Å²) >= 11 is 0. The molecule has 1 heterocycles. The summed E-state index contributed by atoms with van der Waals surface area (Å²) in [6, 6.07) is 44.3. The summed E-state index contributed by atoms with van der Waals surface area (Å²) in [5.41, 5.74) is 5.37. The van der Waals surface area contributed by atoms with Crippen LogP contribution in [0.25, 0.3) is 43.1 Å². The maximum atomic E-state index is 5.17. The van der Waals surface area contributed by atoms with Crippen LogP contribution in [-0.4, -0.2) is 16.4 Å². The number of rotatable bonds is 4. The second kappa shape index (κ2) is 9.87. The monoisotopic (exact) mass is 513 g/mol. The van der Waals surface area contributed by atoms with E-state index < -0.39 is 0 Å². The molecule has 1 aromatic heterocycles. The molecule has 7 rings (SSSR count). The van der Waals surface area contributed by atoms with Gasteiger partial charge in [-0.2, -0.15) is 0 Å². The van der Waals surface area contributed by atoms with E-state index in [0.717, 1.165) is 55.7 Å². The highest BCUT2D eigenvalue weighted by Gasteiger charge is 2.11. The summed E-state index contributed by atoms with van der Waals surface area (Å²) in [6.07, 6.45) is 0. The molecule has 0 saturated heterocycles. The quantitative estimate of drug-likeness (QED) is 0.170. The van der Waals surface area contributed by atoms with Gasteiger partial charge in [0.1, 0.15) is 0 Å². The van der Waals surface area contributed by atoms with E-state index in [-0.39, 0.29) is 0 Å². The van der Waals surface area contributed by atoms with Gasteiger partial charge in [0.25, 0.3) is 0 Å². The van der Waals surface area contributed by atoms with E-state index in [0.29, 0.717) is 0 Å². The summed E-state index contributed by atoms with van der Waals surface area (Å²) in [5, 5.41) is 9.27. The molecule has 0 unspecified atom stereocenters. The van der Waals surface area contributed by atoms with Crippen LogP contribution in [0.3, 0.4) is 0 Å². The first-order valence-corrected chi connectivity index (χ1v) is 13.5. The Morgan fingerprint density at radius 3 is 1.10 bits per heavy atom. The lowest BCUT2D eigenvalue weighted by Crippen LogP contribution is -2.05. The molecule has 3 nitrogen and oxygen atoms in total. The lowest BCUT2D eigenvalue weighted by Gasteiger charge is -2.11. The van der Waals surface area contributed by atoms with Crippen LogP contribution in [0.4, 0.5) is 11.4 Å². The van der Waals surface area contributed by atoms with E-state index in [4.69, 9.17) is 15.0 Å². The molecule has 190 valence electrons. The van der Waals surface area contributed by atoms with Gasteiger partial charge in [0.2, 0.25) is 0 Å². The topological polar surface area (TPSA) is 37.6 Å². The SMILES string of the molecule is CC(=Nc1c2ccccc2cc2ccccc12)c1cccc(C(C)=Nc2c3ccccc3cc3ccccc23)n1. The molecular formula is C37H27N3. The van der Waals surface area contributed by atoms with E-state index in [1.807, 2.05) is 32.0 Å². The largest absolute Gasteiger partial charge is 0.250 e. The molecule has 0 aliphatic carbocycles. The summed E-state index contributed by atoms with van der Waals surface area (Å²) in [7, 11) is 0. The van der Waals surface area contributed by atoms with E-state index in [1.54, 1.807) is 0 Å². The van der Waals surface area contributed by atoms with Crippen molar-refractivity contribution in [2.75, 3.05) is 0 Å². The van der Waals surface area contributed by atoms with E-state index in [2.05, 4.69) is 109 Å². The van der Waals surface area contributed by atoms with Crippen molar-refractivity contribution in [2.45, 2.75) is 13.8 Å². The van der Waals surface area contributed by atoms with Crippen LogP contribution in [0.2, 0.25) is 0 Å². The fourth-order valence-corrected chi connectivity index (χ4v) is 5.51. The van der Waals surface area contributed by atoms with Gasteiger partial charge in [-0.3, -0.25) is 9.98 Å². The third kappa shape index (κ3) is 4.22. The maximum absolute atomic E-state index is 5.17. The molecule has 0 aliphatic heterocycles. The minimum absolute atomic E-state index is 0.840. The Hall–Kier alpha value is -5.15. The molecule has 6 aromatic carbocycles. The molecule has 40 heavy (non-hydrogen) atoms. The van der Waals surface area contributed by atoms with E-state index >= 15 is 0 Å². The Balaban J connectivity index is 1.35. The first-order chi connectivity index (χ1) is 19.7. The number of fused-ring (bicyclic) bond motifs is 4. The zero-order chi connectivity index (χ0) is 27.1. The average molecular weight is 514 g/mol. The van der Waals surface area contributed by atoms with Crippen LogP contribution in [0.5, 0.6) is 0 Å². The van der Waals surface area contributed by atoms with Crippen molar-refractivity contribution >= 4 is 65.9 Å². The van der Waals surface area contributed by atoms with Crippen LogP contribution in [0.15, 0.2) is 137 Å². The van der Waals surface area contributed by atoms with Crippen molar-refractivity contribution in [2.24, 2.45) is 9.98 Å². The normalized spacial score (nSPS) is 12.6. The second-order valence-corrected chi connectivity index (χ2v) is 10.1. The third-order valence-electron chi connectivity index (χ3n) is 7.54. The second-order valence-electron chi connectivity index (χ2n) is 10.1. The van der Waals surface area contributed by atoms with Crippen molar-refractivity contribution in [3.05, 3.63) is 139 Å². The zero-order valence-corrected chi connectivity index (χ0v) is 22.5. The third-order valence-corrected chi connectivity index (χ3v) is 7.54. The zero-order valence-electron chi connectivity index (χ0n) is 22.5. The Labute approximate surface area is 233 Å². The molecule has 0 radical (unpaired) electrons. The molecule has 0 atom stereocenters. The van der Waals surface area contributed by atoms with Crippen LogP contribution in [0.1, 0.15) is 25.2 Å². The summed E-state index contributed by atoms with van der Waals surface area (Å²) in [4.78, 5) is 15.4. The Kier molecular flexibility index (Phi) is 5.90. The molecule has 0 saturated carbocycles. The van der Waals surface area contributed by atoms with Gasteiger partial charge >= 0.3 is 0 Å². The van der Waals surface area contributed by atoms with Crippen molar-refractivity contribution in [1.29, 1.82) is 0 Å². The van der Waals surface area contributed by atoms with Gasteiger partial charge in [0.05, 0.1) is 34.2 Å². The molecule has 0 aliphatic rings. The van der Waals surface area contributed by atoms with Crippen LogP contribution >= 0.6 is 0 Å². The molecular weight excluding hydrogens is 486 g/mol. The van der Waals surface area contributed by atoms with Gasteiger partial charge in [0, 0.05) is 21.5 Å². The lowest BCUT2D eigenvalue weighted by molar-refractivity contribution is 1.24. The number of hydrogen-bond donors (Lipinski definition) is 0. The molecule has 7 aromatic rings. The Morgan fingerprint density at radius 1 is 0.425 bits per heavy atom. The minimum atomic E-state index is 0.840. The molecule has 0 bridgehead atoms. The standard InChI is InChI=1S/C37H27N3/c1-24(38-36-30-16-7-3-12-26(30)22-27-13-4-8-17-31(27)36)34-20-11-21-35(40-34)25(2)39-37-32-18-9-5-14-28(32)23-29-15-6-10-19-33(29)37/h3-23H,1-2H3. The highest BCUT2D eigenvalue weighted by atomic mass is 14.8. The van der Waals surface area contributed by atoms with Crippen molar-refractivity contribution < 1.29 is 0 Å².